The molecule has 2 heterocycles. The normalized spacial score (nSPS) is 17.6. The van der Waals surface area contributed by atoms with E-state index in [4.69, 9.17) is 9.47 Å². The highest BCUT2D eigenvalue weighted by molar-refractivity contribution is 5.79. The standard InChI is InChI=1S/C22H31N3O3/c1-14(13-25-17(4)15(2)16(3)23-25)22(26)24-11-7-8-20(24)19-10-9-18(27-5)12-21(19)28-6/h9-10,12,14,20H,7-8,11,13H2,1-6H3/t14-,20+/m1/s1. The number of nitrogens with zero attached hydrogens (tertiary/aromatic N) is 3. The van der Waals surface area contributed by atoms with Crippen molar-refractivity contribution < 1.29 is 14.3 Å². The Hall–Kier alpha value is -2.50. The molecule has 0 bridgehead atoms. The van der Waals surface area contributed by atoms with Crippen LogP contribution in [0.4, 0.5) is 0 Å². The molecule has 28 heavy (non-hydrogen) atoms. The van der Waals surface area contributed by atoms with E-state index in [9.17, 15) is 4.79 Å². The minimum atomic E-state index is -0.137. The Morgan fingerprint density at radius 2 is 2.00 bits per heavy atom. The molecule has 6 heteroatoms. The van der Waals surface area contributed by atoms with Crippen molar-refractivity contribution in [2.24, 2.45) is 5.92 Å². The van der Waals surface area contributed by atoms with Crippen LogP contribution in [0.5, 0.6) is 11.5 Å². The molecule has 0 spiro atoms. The van der Waals surface area contributed by atoms with E-state index in [1.807, 2.05) is 41.6 Å². The first-order valence-corrected chi connectivity index (χ1v) is 9.90. The lowest BCUT2D eigenvalue weighted by Crippen LogP contribution is -2.36. The van der Waals surface area contributed by atoms with E-state index in [0.29, 0.717) is 6.54 Å². The first-order valence-electron chi connectivity index (χ1n) is 9.90. The Bertz CT molecular complexity index is 859. The van der Waals surface area contributed by atoms with Crippen LogP contribution in [0, 0.1) is 26.7 Å². The number of likely N-dealkylation sites (tertiary alicyclic amines) is 1. The highest BCUT2D eigenvalue weighted by atomic mass is 16.5. The first kappa shape index (κ1) is 20.2. The van der Waals surface area contributed by atoms with E-state index < -0.39 is 0 Å². The van der Waals surface area contributed by atoms with Crippen LogP contribution in [0.3, 0.4) is 0 Å². The van der Waals surface area contributed by atoms with Gasteiger partial charge in [-0.1, -0.05) is 6.92 Å². The van der Waals surface area contributed by atoms with Crippen molar-refractivity contribution in [3.05, 3.63) is 40.7 Å². The molecule has 1 aromatic carbocycles. The van der Waals surface area contributed by atoms with Crippen molar-refractivity contribution >= 4 is 5.91 Å². The van der Waals surface area contributed by atoms with E-state index in [1.54, 1.807) is 14.2 Å². The molecule has 1 aliphatic rings. The molecule has 0 N–H and O–H groups in total. The molecule has 0 saturated carbocycles. The Labute approximate surface area is 167 Å². The van der Waals surface area contributed by atoms with Gasteiger partial charge in [-0.25, -0.2) is 0 Å². The molecule has 1 amide bonds. The number of carbonyl (C=O) groups excluding carboxylic acids is 1. The van der Waals surface area contributed by atoms with Crippen LogP contribution in [0.25, 0.3) is 0 Å². The zero-order valence-electron chi connectivity index (χ0n) is 17.8. The SMILES string of the molecule is COc1ccc([C@@H]2CCCN2C(=O)[C@H](C)Cn2nc(C)c(C)c2C)c(OC)c1. The number of carbonyl (C=O) groups is 1. The van der Waals surface area contributed by atoms with Crippen molar-refractivity contribution in [1.82, 2.24) is 14.7 Å². The smallest absolute Gasteiger partial charge is 0.227 e. The summed E-state index contributed by atoms with van der Waals surface area (Å²) in [6.45, 7) is 9.52. The highest BCUT2D eigenvalue weighted by Crippen LogP contribution is 2.39. The van der Waals surface area contributed by atoms with E-state index in [0.717, 1.165) is 47.8 Å². The molecular formula is C22H31N3O3. The average Bonchev–Trinajstić information content (AvgIpc) is 3.28. The maximum atomic E-state index is 13.3. The average molecular weight is 386 g/mol. The van der Waals surface area contributed by atoms with Crippen molar-refractivity contribution in [1.29, 1.82) is 0 Å². The molecule has 6 nitrogen and oxygen atoms in total. The second-order valence-corrected chi connectivity index (χ2v) is 7.68. The number of ether oxygens (including phenoxy) is 2. The summed E-state index contributed by atoms with van der Waals surface area (Å²) < 4.78 is 12.9. The lowest BCUT2D eigenvalue weighted by molar-refractivity contribution is -0.136. The fourth-order valence-electron chi connectivity index (χ4n) is 4.03. The van der Waals surface area contributed by atoms with Gasteiger partial charge in [0.1, 0.15) is 11.5 Å². The Balaban J connectivity index is 1.80. The molecule has 0 aliphatic carbocycles. The summed E-state index contributed by atoms with van der Waals surface area (Å²) in [5.41, 5.74) is 4.40. The number of hydrogen-bond donors (Lipinski definition) is 0. The van der Waals surface area contributed by atoms with Gasteiger partial charge in [-0.05, 0) is 51.3 Å². The number of methoxy groups -OCH3 is 2. The molecule has 1 saturated heterocycles. The molecule has 2 atom stereocenters. The number of aromatic nitrogens is 2. The van der Waals surface area contributed by atoms with Crippen molar-refractivity contribution in [3.8, 4) is 11.5 Å². The van der Waals surface area contributed by atoms with Crippen LogP contribution in [-0.4, -0.2) is 41.4 Å². The Morgan fingerprint density at radius 1 is 1.25 bits per heavy atom. The van der Waals surface area contributed by atoms with Crippen LogP contribution >= 0.6 is 0 Å². The predicted octanol–water partition coefficient (Wildman–Crippen LogP) is 3.83. The van der Waals surface area contributed by atoms with Gasteiger partial charge in [0.05, 0.1) is 38.4 Å². The second kappa shape index (κ2) is 8.25. The summed E-state index contributed by atoms with van der Waals surface area (Å²) in [5.74, 6) is 1.56. The molecular weight excluding hydrogens is 354 g/mol. The number of amides is 1. The van der Waals surface area contributed by atoms with Gasteiger partial charge in [-0.2, -0.15) is 5.10 Å². The second-order valence-electron chi connectivity index (χ2n) is 7.68. The summed E-state index contributed by atoms with van der Waals surface area (Å²) in [6, 6.07) is 5.88. The Kier molecular flexibility index (Phi) is 5.96. The molecule has 2 aromatic rings. The zero-order valence-corrected chi connectivity index (χ0v) is 17.8. The fraction of sp³-hybridized carbons (Fsp3) is 0.545. The van der Waals surface area contributed by atoms with Gasteiger partial charge in [0, 0.05) is 23.9 Å². The van der Waals surface area contributed by atoms with Crippen molar-refractivity contribution in [3.63, 3.8) is 0 Å². The lowest BCUT2D eigenvalue weighted by Gasteiger charge is -2.29. The van der Waals surface area contributed by atoms with Crippen LogP contribution in [0.1, 0.15) is 48.3 Å². The largest absolute Gasteiger partial charge is 0.497 e. The third kappa shape index (κ3) is 3.73. The van der Waals surface area contributed by atoms with E-state index >= 15 is 0 Å². The number of hydrogen-bond acceptors (Lipinski definition) is 4. The quantitative estimate of drug-likeness (QED) is 0.758. The first-order chi connectivity index (χ1) is 13.4. The summed E-state index contributed by atoms with van der Waals surface area (Å²) in [5, 5.41) is 4.59. The fourth-order valence-corrected chi connectivity index (χ4v) is 4.03. The number of benzene rings is 1. The van der Waals surface area contributed by atoms with Gasteiger partial charge in [0.2, 0.25) is 5.91 Å². The van der Waals surface area contributed by atoms with Gasteiger partial charge in [0.15, 0.2) is 0 Å². The summed E-state index contributed by atoms with van der Waals surface area (Å²) in [4.78, 5) is 15.3. The van der Waals surface area contributed by atoms with Crippen LogP contribution in [0.15, 0.2) is 18.2 Å². The Morgan fingerprint density at radius 3 is 2.61 bits per heavy atom. The molecule has 152 valence electrons. The minimum Gasteiger partial charge on any atom is -0.497 e. The predicted molar refractivity (Wildman–Crippen MR) is 109 cm³/mol. The minimum absolute atomic E-state index is 0.0398. The van der Waals surface area contributed by atoms with E-state index in [-0.39, 0.29) is 17.9 Å². The van der Waals surface area contributed by atoms with Crippen molar-refractivity contribution in [2.75, 3.05) is 20.8 Å². The van der Waals surface area contributed by atoms with Gasteiger partial charge in [0.25, 0.3) is 0 Å². The molecule has 1 fully saturated rings. The number of rotatable bonds is 6. The summed E-state index contributed by atoms with van der Waals surface area (Å²) in [6.07, 6.45) is 1.94. The van der Waals surface area contributed by atoms with Gasteiger partial charge in [-0.15, -0.1) is 0 Å². The molecule has 3 rings (SSSR count). The van der Waals surface area contributed by atoms with Gasteiger partial charge >= 0.3 is 0 Å². The highest BCUT2D eigenvalue weighted by Gasteiger charge is 2.34. The monoisotopic (exact) mass is 385 g/mol. The maximum Gasteiger partial charge on any atom is 0.227 e. The summed E-state index contributed by atoms with van der Waals surface area (Å²) in [7, 11) is 3.30. The van der Waals surface area contributed by atoms with Crippen LogP contribution in [-0.2, 0) is 11.3 Å². The third-order valence-electron chi connectivity index (χ3n) is 5.95. The third-order valence-corrected chi connectivity index (χ3v) is 5.95. The topological polar surface area (TPSA) is 56.6 Å². The van der Waals surface area contributed by atoms with Crippen LogP contribution in [0.2, 0.25) is 0 Å². The molecule has 0 unspecified atom stereocenters. The van der Waals surface area contributed by atoms with Gasteiger partial charge in [-0.3, -0.25) is 9.48 Å². The number of aryl methyl sites for hydroxylation is 1. The maximum absolute atomic E-state index is 13.3. The van der Waals surface area contributed by atoms with E-state index in [1.165, 1.54) is 5.56 Å². The molecule has 1 aromatic heterocycles. The van der Waals surface area contributed by atoms with Crippen LogP contribution < -0.4 is 9.47 Å². The molecule has 0 radical (unpaired) electrons. The van der Waals surface area contributed by atoms with Gasteiger partial charge < -0.3 is 14.4 Å². The van der Waals surface area contributed by atoms with Crippen molar-refractivity contribution in [2.45, 2.75) is 53.1 Å². The van der Waals surface area contributed by atoms with E-state index in [2.05, 4.69) is 18.9 Å². The summed E-state index contributed by atoms with van der Waals surface area (Å²) >= 11 is 0. The molecule has 1 aliphatic heterocycles. The zero-order chi connectivity index (χ0) is 20.4. The lowest BCUT2D eigenvalue weighted by atomic mass is 10.0.